The average molecular weight is 272 g/mol. The Labute approximate surface area is 117 Å². The number of hydrogen-bond acceptors (Lipinski definition) is 4. The van der Waals surface area contributed by atoms with Gasteiger partial charge in [-0.25, -0.2) is 0 Å². The van der Waals surface area contributed by atoms with Crippen LogP contribution >= 0.6 is 0 Å². The zero-order valence-electron chi connectivity index (χ0n) is 11.1. The van der Waals surface area contributed by atoms with E-state index < -0.39 is 0 Å². The number of carbonyl (C=O) groups is 1. The van der Waals surface area contributed by atoms with Gasteiger partial charge in [-0.15, -0.1) is 0 Å². The molecule has 3 heterocycles. The van der Waals surface area contributed by atoms with Crippen LogP contribution in [0, 0.1) is 0 Å². The molecule has 0 bridgehead atoms. The van der Waals surface area contributed by atoms with Gasteiger partial charge in [0.25, 0.3) is 0 Å². The molecule has 1 fully saturated rings. The minimum Gasteiger partial charge on any atom is -0.488 e. The summed E-state index contributed by atoms with van der Waals surface area (Å²) in [5.74, 6) is 0.876. The van der Waals surface area contributed by atoms with E-state index in [1.807, 2.05) is 23.1 Å². The van der Waals surface area contributed by atoms with Gasteiger partial charge < -0.3 is 9.64 Å². The van der Waals surface area contributed by atoms with Crippen LogP contribution in [-0.4, -0.2) is 44.8 Å². The van der Waals surface area contributed by atoms with Crippen molar-refractivity contribution in [2.45, 2.75) is 19.1 Å². The van der Waals surface area contributed by atoms with Gasteiger partial charge >= 0.3 is 0 Å². The SMILES string of the molecule is O=C(Cn1cccn1)N1CC[C@@H](Oc2ccncc2)C1. The van der Waals surface area contributed by atoms with E-state index in [2.05, 4.69) is 10.1 Å². The molecule has 2 aromatic rings. The predicted molar refractivity (Wildman–Crippen MR) is 72.1 cm³/mol. The summed E-state index contributed by atoms with van der Waals surface area (Å²) in [5.41, 5.74) is 0. The lowest BCUT2D eigenvalue weighted by atomic mass is 10.3. The quantitative estimate of drug-likeness (QED) is 0.831. The van der Waals surface area contributed by atoms with Crippen molar-refractivity contribution in [3.05, 3.63) is 43.0 Å². The van der Waals surface area contributed by atoms with E-state index in [-0.39, 0.29) is 18.6 Å². The van der Waals surface area contributed by atoms with Gasteiger partial charge in [-0.3, -0.25) is 14.5 Å². The van der Waals surface area contributed by atoms with Crippen molar-refractivity contribution < 1.29 is 9.53 Å². The monoisotopic (exact) mass is 272 g/mol. The van der Waals surface area contributed by atoms with Crippen LogP contribution in [0.25, 0.3) is 0 Å². The molecule has 6 nitrogen and oxygen atoms in total. The van der Waals surface area contributed by atoms with Gasteiger partial charge in [-0.05, 0) is 18.2 Å². The number of nitrogens with zero attached hydrogens (tertiary/aromatic N) is 4. The summed E-state index contributed by atoms with van der Waals surface area (Å²) in [6.07, 6.45) is 7.77. The summed E-state index contributed by atoms with van der Waals surface area (Å²) in [4.78, 5) is 17.9. The Morgan fingerprint density at radius 1 is 1.35 bits per heavy atom. The fourth-order valence-corrected chi connectivity index (χ4v) is 2.29. The molecule has 104 valence electrons. The predicted octanol–water partition coefficient (Wildman–Crippen LogP) is 0.958. The number of ether oxygens (including phenoxy) is 1. The van der Waals surface area contributed by atoms with Crippen molar-refractivity contribution in [2.24, 2.45) is 0 Å². The highest BCUT2D eigenvalue weighted by atomic mass is 16.5. The molecule has 2 aromatic heterocycles. The summed E-state index contributed by atoms with van der Waals surface area (Å²) in [6.45, 7) is 1.65. The van der Waals surface area contributed by atoms with Gasteiger partial charge in [0, 0.05) is 37.8 Å². The van der Waals surface area contributed by atoms with Crippen molar-refractivity contribution in [1.29, 1.82) is 0 Å². The van der Waals surface area contributed by atoms with Gasteiger partial charge in [0.15, 0.2) is 0 Å². The highest BCUT2D eigenvalue weighted by molar-refractivity contribution is 5.76. The van der Waals surface area contributed by atoms with E-state index in [1.54, 1.807) is 29.5 Å². The molecule has 1 saturated heterocycles. The Morgan fingerprint density at radius 2 is 2.20 bits per heavy atom. The normalized spacial score (nSPS) is 18.2. The van der Waals surface area contributed by atoms with Crippen LogP contribution in [0.4, 0.5) is 0 Å². The lowest BCUT2D eigenvalue weighted by molar-refractivity contribution is -0.131. The molecular formula is C14H16N4O2. The van der Waals surface area contributed by atoms with Gasteiger partial charge in [0.05, 0.1) is 6.54 Å². The van der Waals surface area contributed by atoms with Crippen molar-refractivity contribution in [2.75, 3.05) is 13.1 Å². The third-order valence-corrected chi connectivity index (χ3v) is 3.31. The smallest absolute Gasteiger partial charge is 0.244 e. The van der Waals surface area contributed by atoms with Gasteiger partial charge in [0.1, 0.15) is 18.4 Å². The molecule has 1 amide bonds. The summed E-state index contributed by atoms with van der Waals surface area (Å²) in [6, 6.07) is 5.47. The molecule has 0 spiro atoms. The second-order valence-corrected chi connectivity index (χ2v) is 4.75. The maximum atomic E-state index is 12.1. The largest absolute Gasteiger partial charge is 0.488 e. The molecule has 0 aliphatic carbocycles. The molecule has 3 rings (SSSR count). The number of carbonyl (C=O) groups excluding carboxylic acids is 1. The van der Waals surface area contributed by atoms with Crippen LogP contribution in [0.1, 0.15) is 6.42 Å². The van der Waals surface area contributed by atoms with E-state index in [1.165, 1.54) is 0 Å². The van der Waals surface area contributed by atoms with E-state index >= 15 is 0 Å². The number of pyridine rings is 1. The molecular weight excluding hydrogens is 256 g/mol. The Bertz CT molecular complexity index is 556. The average Bonchev–Trinajstić information content (AvgIpc) is 3.11. The third-order valence-electron chi connectivity index (χ3n) is 3.31. The minimum absolute atomic E-state index is 0.0546. The first-order valence-corrected chi connectivity index (χ1v) is 6.63. The fraction of sp³-hybridized carbons (Fsp3) is 0.357. The number of likely N-dealkylation sites (tertiary alicyclic amines) is 1. The lowest BCUT2D eigenvalue weighted by Crippen LogP contribution is -2.33. The van der Waals surface area contributed by atoms with Gasteiger partial charge in [-0.1, -0.05) is 0 Å². The summed E-state index contributed by atoms with van der Waals surface area (Å²) < 4.78 is 7.47. The fourth-order valence-electron chi connectivity index (χ4n) is 2.29. The Kier molecular flexibility index (Phi) is 3.62. The van der Waals surface area contributed by atoms with Crippen LogP contribution in [0.2, 0.25) is 0 Å². The first kappa shape index (κ1) is 12.7. The maximum Gasteiger partial charge on any atom is 0.244 e. The Morgan fingerprint density at radius 3 is 2.95 bits per heavy atom. The van der Waals surface area contributed by atoms with Crippen LogP contribution in [0.3, 0.4) is 0 Å². The highest BCUT2D eigenvalue weighted by Gasteiger charge is 2.27. The van der Waals surface area contributed by atoms with Crippen molar-refractivity contribution in [1.82, 2.24) is 19.7 Å². The molecule has 1 aliphatic heterocycles. The van der Waals surface area contributed by atoms with Crippen molar-refractivity contribution in [3.63, 3.8) is 0 Å². The first-order chi connectivity index (χ1) is 9.81. The molecule has 20 heavy (non-hydrogen) atoms. The maximum absolute atomic E-state index is 12.1. The summed E-state index contributed by atoms with van der Waals surface area (Å²) in [5, 5.41) is 4.05. The van der Waals surface area contributed by atoms with E-state index in [0.29, 0.717) is 6.54 Å². The van der Waals surface area contributed by atoms with E-state index in [0.717, 1.165) is 18.7 Å². The minimum atomic E-state index is 0.0546. The topological polar surface area (TPSA) is 60.2 Å². The van der Waals surface area contributed by atoms with Crippen LogP contribution < -0.4 is 4.74 Å². The highest BCUT2D eigenvalue weighted by Crippen LogP contribution is 2.17. The Balaban J connectivity index is 1.53. The van der Waals surface area contributed by atoms with E-state index in [4.69, 9.17) is 4.74 Å². The molecule has 0 unspecified atom stereocenters. The molecule has 1 aliphatic rings. The van der Waals surface area contributed by atoms with Crippen LogP contribution in [0.15, 0.2) is 43.0 Å². The second-order valence-electron chi connectivity index (χ2n) is 4.75. The molecule has 6 heteroatoms. The molecule has 1 atom stereocenters. The zero-order chi connectivity index (χ0) is 13.8. The van der Waals surface area contributed by atoms with Gasteiger partial charge in [0.2, 0.25) is 5.91 Å². The van der Waals surface area contributed by atoms with Crippen molar-refractivity contribution >= 4 is 5.91 Å². The van der Waals surface area contributed by atoms with Crippen LogP contribution in [-0.2, 0) is 11.3 Å². The Hall–Kier alpha value is -2.37. The summed E-state index contributed by atoms with van der Waals surface area (Å²) in [7, 11) is 0. The second kappa shape index (κ2) is 5.73. The lowest BCUT2D eigenvalue weighted by Gasteiger charge is -2.17. The molecule has 0 saturated carbocycles. The number of hydrogen-bond donors (Lipinski definition) is 0. The molecule has 0 aromatic carbocycles. The zero-order valence-corrected chi connectivity index (χ0v) is 11.1. The number of aromatic nitrogens is 3. The van der Waals surface area contributed by atoms with Crippen LogP contribution in [0.5, 0.6) is 5.75 Å². The summed E-state index contributed by atoms with van der Waals surface area (Å²) >= 11 is 0. The van der Waals surface area contributed by atoms with E-state index in [9.17, 15) is 4.79 Å². The third kappa shape index (κ3) is 2.96. The number of rotatable bonds is 4. The number of amides is 1. The molecule has 0 N–H and O–H groups in total. The molecule has 0 radical (unpaired) electrons. The first-order valence-electron chi connectivity index (χ1n) is 6.63. The van der Waals surface area contributed by atoms with Gasteiger partial charge in [-0.2, -0.15) is 5.10 Å². The standard InChI is InChI=1S/C14H16N4O2/c19-14(11-18-8-1-5-16-18)17-9-4-13(10-17)20-12-2-6-15-7-3-12/h1-3,5-8,13H,4,9-11H2/t13-/m1/s1. The van der Waals surface area contributed by atoms with Crippen molar-refractivity contribution in [3.8, 4) is 5.75 Å².